The molecule has 1 aliphatic carbocycles. The molecule has 0 radical (unpaired) electrons. The molecule has 0 aromatic rings. The summed E-state index contributed by atoms with van der Waals surface area (Å²) in [5.74, 6) is 1.58. The molecule has 0 aromatic heterocycles. The lowest BCUT2D eigenvalue weighted by Crippen LogP contribution is -2.38. The Morgan fingerprint density at radius 3 is 2.50 bits per heavy atom. The number of nitrogens with zero attached hydrogens (tertiary/aromatic N) is 1. The zero-order valence-electron chi connectivity index (χ0n) is 10.4. The first-order chi connectivity index (χ1) is 7.77. The molecular weight excluding hydrogens is 200 g/mol. The van der Waals surface area contributed by atoms with Crippen molar-refractivity contribution in [3.8, 4) is 0 Å². The van der Waals surface area contributed by atoms with Gasteiger partial charge in [0.15, 0.2) is 0 Å². The monoisotopic (exact) mass is 224 g/mol. The van der Waals surface area contributed by atoms with Gasteiger partial charge >= 0.3 is 0 Å². The zero-order chi connectivity index (χ0) is 11.4. The fourth-order valence-electron chi connectivity index (χ4n) is 2.62. The van der Waals surface area contributed by atoms with E-state index in [-0.39, 0.29) is 0 Å². The van der Waals surface area contributed by atoms with Crippen LogP contribution in [0.4, 0.5) is 0 Å². The summed E-state index contributed by atoms with van der Waals surface area (Å²) >= 11 is 0. The highest BCUT2D eigenvalue weighted by Gasteiger charge is 2.27. The van der Waals surface area contributed by atoms with E-state index in [4.69, 9.17) is 0 Å². The van der Waals surface area contributed by atoms with Crippen molar-refractivity contribution < 1.29 is 4.79 Å². The SMILES string of the molecule is CN(CCC1CCNCC1)C(=O)C1CCC1. The van der Waals surface area contributed by atoms with Crippen LogP contribution >= 0.6 is 0 Å². The lowest BCUT2D eigenvalue weighted by molar-refractivity contribution is -0.136. The Hall–Kier alpha value is -0.570. The van der Waals surface area contributed by atoms with Crippen LogP contribution < -0.4 is 5.32 Å². The molecule has 0 spiro atoms. The van der Waals surface area contributed by atoms with Crippen LogP contribution in [0.3, 0.4) is 0 Å². The van der Waals surface area contributed by atoms with Crippen LogP contribution in [0, 0.1) is 11.8 Å². The van der Waals surface area contributed by atoms with Gasteiger partial charge in [0.2, 0.25) is 5.91 Å². The molecule has 1 heterocycles. The summed E-state index contributed by atoms with van der Waals surface area (Å²) in [6.07, 6.45) is 7.25. The first-order valence-corrected chi connectivity index (χ1v) is 6.73. The number of rotatable bonds is 4. The topological polar surface area (TPSA) is 32.3 Å². The van der Waals surface area contributed by atoms with Gasteiger partial charge in [-0.2, -0.15) is 0 Å². The Morgan fingerprint density at radius 1 is 1.25 bits per heavy atom. The quantitative estimate of drug-likeness (QED) is 0.787. The third-order valence-electron chi connectivity index (χ3n) is 4.16. The molecule has 3 nitrogen and oxygen atoms in total. The van der Waals surface area contributed by atoms with Gasteiger partial charge in [-0.3, -0.25) is 4.79 Å². The van der Waals surface area contributed by atoms with Crippen molar-refractivity contribution >= 4 is 5.91 Å². The van der Waals surface area contributed by atoms with E-state index in [9.17, 15) is 4.79 Å². The Labute approximate surface area is 98.6 Å². The number of carbonyl (C=O) groups is 1. The van der Waals surface area contributed by atoms with Gasteiger partial charge in [-0.15, -0.1) is 0 Å². The van der Waals surface area contributed by atoms with Crippen LogP contribution in [0.2, 0.25) is 0 Å². The van der Waals surface area contributed by atoms with Gasteiger partial charge in [-0.25, -0.2) is 0 Å². The number of nitrogens with one attached hydrogen (secondary N) is 1. The summed E-state index contributed by atoms with van der Waals surface area (Å²) in [5.41, 5.74) is 0. The molecule has 0 unspecified atom stereocenters. The van der Waals surface area contributed by atoms with Crippen LogP contribution in [-0.2, 0) is 4.79 Å². The van der Waals surface area contributed by atoms with E-state index in [0.717, 1.165) is 38.4 Å². The Kier molecular flexibility index (Phi) is 4.22. The minimum Gasteiger partial charge on any atom is -0.346 e. The molecule has 1 saturated heterocycles. The zero-order valence-corrected chi connectivity index (χ0v) is 10.4. The van der Waals surface area contributed by atoms with Crippen molar-refractivity contribution in [3.05, 3.63) is 0 Å². The van der Waals surface area contributed by atoms with Crippen molar-refractivity contribution in [1.82, 2.24) is 10.2 Å². The molecule has 3 heteroatoms. The molecule has 0 atom stereocenters. The summed E-state index contributed by atoms with van der Waals surface area (Å²) in [7, 11) is 1.97. The molecule has 1 amide bonds. The fraction of sp³-hybridized carbons (Fsp3) is 0.923. The smallest absolute Gasteiger partial charge is 0.225 e. The van der Waals surface area contributed by atoms with E-state index in [2.05, 4.69) is 5.32 Å². The van der Waals surface area contributed by atoms with Crippen molar-refractivity contribution in [3.63, 3.8) is 0 Å². The number of piperidine rings is 1. The van der Waals surface area contributed by atoms with Crippen LogP contribution in [0.25, 0.3) is 0 Å². The Bertz CT molecular complexity index is 232. The molecule has 2 aliphatic rings. The van der Waals surface area contributed by atoms with Gasteiger partial charge in [0.1, 0.15) is 0 Å². The van der Waals surface area contributed by atoms with Gasteiger partial charge in [-0.05, 0) is 51.1 Å². The Morgan fingerprint density at radius 2 is 1.94 bits per heavy atom. The lowest BCUT2D eigenvalue weighted by atomic mass is 9.84. The second-order valence-corrected chi connectivity index (χ2v) is 5.37. The van der Waals surface area contributed by atoms with Gasteiger partial charge in [0, 0.05) is 19.5 Å². The maximum absolute atomic E-state index is 11.9. The summed E-state index contributed by atoms with van der Waals surface area (Å²) in [6, 6.07) is 0. The van der Waals surface area contributed by atoms with Gasteiger partial charge in [0.05, 0.1) is 0 Å². The summed E-state index contributed by atoms with van der Waals surface area (Å²) in [4.78, 5) is 13.9. The largest absolute Gasteiger partial charge is 0.346 e. The van der Waals surface area contributed by atoms with Crippen LogP contribution in [-0.4, -0.2) is 37.5 Å². The number of amides is 1. The van der Waals surface area contributed by atoms with Crippen molar-refractivity contribution in [1.29, 1.82) is 0 Å². The number of hydrogen-bond donors (Lipinski definition) is 1. The second-order valence-electron chi connectivity index (χ2n) is 5.37. The Balaban J connectivity index is 1.65. The van der Waals surface area contributed by atoms with E-state index in [1.165, 1.54) is 25.7 Å². The molecule has 0 bridgehead atoms. The summed E-state index contributed by atoms with van der Waals surface area (Å²) in [5, 5.41) is 3.38. The van der Waals surface area contributed by atoms with Crippen molar-refractivity contribution in [2.45, 2.75) is 38.5 Å². The van der Waals surface area contributed by atoms with Crippen LogP contribution in [0.1, 0.15) is 38.5 Å². The summed E-state index contributed by atoms with van der Waals surface area (Å²) in [6.45, 7) is 3.27. The standard InChI is InChI=1S/C13H24N2O/c1-15(13(16)12-3-2-4-12)10-7-11-5-8-14-9-6-11/h11-12,14H,2-10H2,1H3. The average molecular weight is 224 g/mol. The van der Waals surface area contributed by atoms with E-state index >= 15 is 0 Å². The highest BCUT2D eigenvalue weighted by atomic mass is 16.2. The van der Waals surface area contributed by atoms with Crippen molar-refractivity contribution in [2.75, 3.05) is 26.7 Å². The maximum atomic E-state index is 11.9. The number of carbonyl (C=O) groups excluding carboxylic acids is 1. The number of hydrogen-bond acceptors (Lipinski definition) is 2. The normalized spacial score (nSPS) is 22.8. The highest BCUT2D eigenvalue weighted by Crippen LogP contribution is 2.28. The molecule has 1 aliphatic heterocycles. The molecule has 1 saturated carbocycles. The minimum atomic E-state index is 0.359. The fourth-order valence-corrected chi connectivity index (χ4v) is 2.62. The molecule has 16 heavy (non-hydrogen) atoms. The van der Waals surface area contributed by atoms with Crippen molar-refractivity contribution in [2.24, 2.45) is 11.8 Å². The van der Waals surface area contributed by atoms with Gasteiger partial charge in [-0.1, -0.05) is 6.42 Å². The van der Waals surface area contributed by atoms with Crippen LogP contribution in [0.15, 0.2) is 0 Å². The molecule has 92 valence electrons. The molecule has 2 fully saturated rings. The van der Waals surface area contributed by atoms with E-state index in [1.54, 1.807) is 0 Å². The lowest BCUT2D eigenvalue weighted by Gasteiger charge is -2.30. The van der Waals surface area contributed by atoms with E-state index in [1.807, 2.05) is 11.9 Å². The first kappa shape index (κ1) is 11.9. The predicted molar refractivity (Wildman–Crippen MR) is 65.2 cm³/mol. The highest BCUT2D eigenvalue weighted by molar-refractivity contribution is 5.79. The molecule has 1 N–H and O–H groups in total. The van der Waals surface area contributed by atoms with Gasteiger partial charge in [0.25, 0.3) is 0 Å². The maximum Gasteiger partial charge on any atom is 0.225 e. The van der Waals surface area contributed by atoms with Gasteiger partial charge < -0.3 is 10.2 Å². The van der Waals surface area contributed by atoms with Crippen LogP contribution in [0.5, 0.6) is 0 Å². The molecular formula is C13H24N2O. The minimum absolute atomic E-state index is 0.359. The third kappa shape index (κ3) is 2.97. The average Bonchev–Trinajstić information content (AvgIpc) is 2.25. The van der Waals surface area contributed by atoms with E-state index in [0.29, 0.717) is 11.8 Å². The molecule has 0 aromatic carbocycles. The summed E-state index contributed by atoms with van der Waals surface area (Å²) < 4.78 is 0. The predicted octanol–water partition coefficient (Wildman–Crippen LogP) is 1.63. The first-order valence-electron chi connectivity index (χ1n) is 6.73. The molecule has 2 rings (SSSR count). The van der Waals surface area contributed by atoms with E-state index < -0.39 is 0 Å². The second kappa shape index (κ2) is 5.67. The third-order valence-corrected chi connectivity index (χ3v) is 4.16.